The molecule has 19 heavy (non-hydrogen) atoms. The molecule has 0 atom stereocenters. The molecule has 1 aliphatic rings. The van der Waals surface area contributed by atoms with E-state index >= 15 is 0 Å². The summed E-state index contributed by atoms with van der Waals surface area (Å²) in [4.78, 5) is 23.6. The van der Waals surface area contributed by atoms with Gasteiger partial charge in [-0.05, 0) is 16.8 Å². The van der Waals surface area contributed by atoms with Crippen molar-refractivity contribution < 1.29 is 38.5 Å². The first-order valence-electron chi connectivity index (χ1n) is 5.06. The van der Waals surface area contributed by atoms with Crippen molar-refractivity contribution in [3.8, 4) is 11.8 Å². The molecule has 0 unspecified atom stereocenters. The third-order valence-corrected chi connectivity index (χ3v) is 2.60. The first kappa shape index (κ1) is 18.2. The predicted molar refractivity (Wildman–Crippen MR) is 57.8 cm³/mol. The van der Waals surface area contributed by atoms with Gasteiger partial charge in [0.15, 0.2) is 5.75 Å². The van der Waals surface area contributed by atoms with Gasteiger partial charge in [0, 0.05) is 12.8 Å². The van der Waals surface area contributed by atoms with Crippen molar-refractivity contribution in [2.24, 2.45) is 0 Å². The number of carbonyl (C=O) groups is 2. The third-order valence-electron chi connectivity index (χ3n) is 1.88. The highest BCUT2D eigenvalue weighted by Gasteiger charge is 2.27. The van der Waals surface area contributed by atoms with E-state index in [-0.39, 0.29) is 18.4 Å². The molecule has 9 heteroatoms. The minimum absolute atomic E-state index is 0.0868. The van der Waals surface area contributed by atoms with Crippen LogP contribution in [0.25, 0.3) is 0 Å². The van der Waals surface area contributed by atoms with Crippen LogP contribution in [0.1, 0.15) is 12.8 Å². The highest BCUT2D eigenvalue weighted by molar-refractivity contribution is 7.95. The molecule has 0 aromatic carbocycles. The molecular formula is C10H14ClNO6S. The van der Waals surface area contributed by atoms with E-state index < -0.39 is 10.2 Å². The zero-order valence-electron chi connectivity index (χ0n) is 10.5. The lowest BCUT2D eigenvalue weighted by molar-refractivity contribution is -2.00. The van der Waals surface area contributed by atoms with Crippen LogP contribution in [0, 0.1) is 22.1 Å². The van der Waals surface area contributed by atoms with Crippen LogP contribution in [-0.4, -0.2) is 41.5 Å². The lowest BCUT2D eigenvalue weighted by Gasteiger charge is -2.17. The average Bonchev–Trinajstić information content (AvgIpc) is 2.52. The van der Waals surface area contributed by atoms with Crippen molar-refractivity contribution in [1.29, 1.82) is 0 Å². The summed E-state index contributed by atoms with van der Waals surface area (Å²) in [5.74, 6) is 6.50. The van der Waals surface area contributed by atoms with E-state index in [0.29, 0.717) is 23.7 Å². The Morgan fingerprint density at radius 1 is 1.11 bits per heavy atom. The summed E-state index contributed by atoms with van der Waals surface area (Å²) in [6, 6.07) is 0. The quantitative estimate of drug-likeness (QED) is 0.286. The van der Waals surface area contributed by atoms with Crippen LogP contribution in [0.3, 0.4) is 0 Å². The number of imide groups is 1. The first-order valence-corrected chi connectivity index (χ1v) is 8.50. The second-order valence-corrected chi connectivity index (χ2v) is 6.75. The molecule has 0 N–H and O–H groups in total. The maximum atomic E-state index is 11.2. The zero-order valence-corrected chi connectivity index (χ0v) is 12.1. The summed E-state index contributed by atoms with van der Waals surface area (Å²) in [6.07, 6.45) is 4.93. The fraction of sp³-hybridized carbons (Fsp3) is 0.600. The van der Waals surface area contributed by atoms with Crippen LogP contribution in [0.15, 0.2) is 0 Å². The van der Waals surface area contributed by atoms with Crippen molar-refractivity contribution in [1.82, 2.24) is 4.90 Å². The number of carbonyl (C=O) groups excluding carboxylic acids is 2. The minimum atomic E-state index is -4.94. The number of nitrogens with zero attached hydrogens (tertiary/aromatic N) is 1. The van der Waals surface area contributed by atoms with Gasteiger partial charge < -0.3 is 0 Å². The summed E-state index contributed by atoms with van der Waals surface area (Å²) in [5, 5.41) is 0. The van der Waals surface area contributed by atoms with Gasteiger partial charge in [-0.15, -0.1) is 10.2 Å². The van der Waals surface area contributed by atoms with E-state index in [2.05, 4.69) is 24.4 Å². The fourth-order valence-corrected chi connectivity index (χ4v) is 1.52. The monoisotopic (exact) mass is 311 g/mol. The Hall–Kier alpha value is -0.820. The lowest BCUT2D eigenvalue weighted by Crippen LogP contribution is -2.68. The topological polar surface area (TPSA) is 130 Å². The molecule has 1 saturated heterocycles. The molecule has 0 aliphatic carbocycles. The normalized spacial score (nSPS) is 15.0. The summed E-state index contributed by atoms with van der Waals surface area (Å²) >= 11 is 0. The number of hydrogen-bond acceptors (Lipinski definition) is 6. The van der Waals surface area contributed by atoms with Gasteiger partial charge in [0.1, 0.15) is 0 Å². The van der Waals surface area contributed by atoms with Crippen molar-refractivity contribution >= 4 is 22.7 Å². The maximum Gasteiger partial charge on any atom is 0.230 e. The molecule has 0 aromatic heterocycles. The SMILES string of the molecule is C[S+](C)CC#CCN1C(=O)CCC1=O.[O-][Cl+3]([O-])([O-])[O-]. The second-order valence-electron chi connectivity index (χ2n) is 3.74. The first-order chi connectivity index (χ1) is 8.61. The Morgan fingerprint density at radius 3 is 1.89 bits per heavy atom. The molecule has 0 aromatic rings. The average molecular weight is 312 g/mol. The Labute approximate surface area is 116 Å². The molecule has 1 rings (SSSR count). The molecule has 0 bridgehead atoms. The molecule has 2 amide bonds. The Bertz CT molecular complexity index is 362. The number of likely N-dealkylation sites (tertiary alicyclic amines) is 1. The van der Waals surface area contributed by atoms with Gasteiger partial charge in [-0.2, -0.15) is 0 Å². The van der Waals surface area contributed by atoms with Gasteiger partial charge in [0.05, 0.1) is 19.1 Å². The van der Waals surface area contributed by atoms with Gasteiger partial charge in [0.25, 0.3) is 0 Å². The van der Waals surface area contributed by atoms with E-state index in [0.717, 1.165) is 5.75 Å². The van der Waals surface area contributed by atoms with Gasteiger partial charge in [-0.1, -0.05) is 5.92 Å². The van der Waals surface area contributed by atoms with Crippen LogP contribution in [0.4, 0.5) is 0 Å². The second kappa shape index (κ2) is 8.37. The summed E-state index contributed by atoms with van der Waals surface area (Å²) in [7, 11) is -4.64. The molecule has 1 aliphatic heterocycles. The van der Waals surface area contributed by atoms with Crippen LogP contribution in [-0.2, 0) is 20.5 Å². The Balaban J connectivity index is 0.000000555. The molecule has 0 spiro atoms. The smallest absolute Gasteiger partial charge is 0.230 e. The van der Waals surface area contributed by atoms with Crippen molar-refractivity contribution in [2.45, 2.75) is 12.8 Å². The molecule has 1 heterocycles. The fourth-order valence-electron chi connectivity index (χ4n) is 1.13. The van der Waals surface area contributed by atoms with Crippen molar-refractivity contribution in [3.05, 3.63) is 0 Å². The summed E-state index contributed by atoms with van der Waals surface area (Å²) < 4.78 is 34.0. The van der Waals surface area contributed by atoms with E-state index in [4.69, 9.17) is 18.6 Å². The van der Waals surface area contributed by atoms with E-state index in [1.807, 2.05) is 0 Å². The number of rotatable bonds is 2. The van der Waals surface area contributed by atoms with Crippen molar-refractivity contribution in [2.75, 3.05) is 24.8 Å². The van der Waals surface area contributed by atoms with E-state index in [9.17, 15) is 9.59 Å². The highest BCUT2D eigenvalue weighted by Crippen LogP contribution is 2.10. The minimum Gasteiger partial charge on any atom is -0.274 e. The molecule has 1 fully saturated rings. The molecule has 7 nitrogen and oxygen atoms in total. The van der Waals surface area contributed by atoms with Gasteiger partial charge in [-0.3, -0.25) is 14.5 Å². The standard InChI is InChI=1S/C10H14NO2S.ClHO4/c1-14(2)8-4-3-7-11-9(12)5-6-10(11)13;2-1(3,4)5/h5-8H2,1-2H3;(H,2,3,4,5)/q+1;/p-1. The Kier molecular flexibility index (Phi) is 8.01. The largest absolute Gasteiger partial charge is 0.274 e. The van der Waals surface area contributed by atoms with Crippen LogP contribution in [0.5, 0.6) is 0 Å². The van der Waals surface area contributed by atoms with E-state index in [1.165, 1.54) is 4.90 Å². The van der Waals surface area contributed by atoms with Crippen LogP contribution in [0.2, 0.25) is 0 Å². The molecular weight excluding hydrogens is 298 g/mol. The number of halogens is 1. The lowest BCUT2D eigenvalue weighted by atomic mass is 10.4. The zero-order chi connectivity index (χ0) is 15.1. The third kappa shape index (κ3) is 10.8. The maximum absolute atomic E-state index is 11.2. The van der Waals surface area contributed by atoms with Crippen LogP contribution < -0.4 is 18.6 Å². The number of amides is 2. The van der Waals surface area contributed by atoms with Gasteiger partial charge in [-0.25, -0.2) is 18.6 Å². The highest BCUT2D eigenvalue weighted by atomic mass is 35.7. The predicted octanol–water partition coefficient (Wildman–Crippen LogP) is -4.74. The van der Waals surface area contributed by atoms with Crippen LogP contribution >= 0.6 is 0 Å². The molecule has 0 radical (unpaired) electrons. The summed E-state index contributed by atoms with van der Waals surface area (Å²) in [6.45, 7) is 0.273. The van der Waals surface area contributed by atoms with E-state index in [1.54, 1.807) is 0 Å². The summed E-state index contributed by atoms with van der Waals surface area (Å²) in [5.41, 5.74) is 0. The van der Waals surface area contributed by atoms with Gasteiger partial charge >= 0.3 is 0 Å². The number of hydrogen-bond donors (Lipinski definition) is 0. The Morgan fingerprint density at radius 2 is 1.53 bits per heavy atom. The van der Waals surface area contributed by atoms with Gasteiger partial charge in [0.2, 0.25) is 11.8 Å². The molecule has 108 valence electrons. The molecule has 0 saturated carbocycles. The van der Waals surface area contributed by atoms with Crippen molar-refractivity contribution in [3.63, 3.8) is 0 Å².